The molecule has 2 N–H and O–H groups in total. The summed E-state index contributed by atoms with van der Waals surface area (Å²) < 4.78 is 37.2. The molecule has 1 saturated heterocycles. The molecule has 1 rings (SSSR count). The molecule has 0 saturated carbocycles. The van der Waals surface area contributed by atoms with E-state index in [-0.39, 0.29) is 30.0 Å². The van der Waals surface area contributed by atoms with E-state index in [1.807, 2.05) is 6.92 Å². The van der Waals surface area contributed by atoms with Crippen LogP contribution in [-0.2, 0) is 0 Å². The van der Waals surface area contributed by atoms with Gasteiger partial charge in [0, 0.05) is 32.2 Å². The van der Waals surface area contributed by atoms with Crippen molar-refractivity contribution in [3.8, 4) is 0 Å². The van der Waals surface area contributed by atoms with Crippen molar-refractivity contribution in [3.05, 3.63) is 0 Å². The van der Waals surface area contributed by atoms with E-state index in [4.69, 9.17) is 0 Å². The summed E-state index contributed by atoms with van der Waals surface area (Å²) in [5.74, 6) is 1.27. The first kappa shape index (κ1) is 22.8. The minimum Gasteiger partial charge on any atom is -0.357 e. The fourth-order valence-corrected chi connectivity index (χ4v) is 2.63. The molecule has 0 amide bonds. The Morgan fingerprint density at radius 1 is 1.26 bits per heavy atom. The molecular weight excluding hydrogens is 420 g/mol. The predicted octanol–water partition coefficient (Wildman–Crippen LogP) is 3.23. The first-order valence-electron chi connectivity index (χ1n) is 8.21. The lowest BCUT2D eigenvalue weighted by molar-refractivity contribution is -0.143. The SMILES string of the molecule is CCNC(=NCC(CC)CC)NC1CCN(CC(F)(F)F)C1.I. The van der Waals surface area contributed by atoms with Crippen molar-refractivity contribution in [1.29, 1.82) is 0 Å². The number of likely N-dealkylation sites (tertiary alicyclic amines) is 1. The molecule has 0 aromatic heterocycles. The van der Waals surface area contributed by atoms with E-state index < -0.39 is 12.7 Å². The van der Waals surface area contributed by atoms with Gasteiger partial charge in [-0.3, -0.25) is 9.89 Å². The Morgan fingerprint density at radius 2 is 1.91 bits per heavy atom. The van der Waals surface area contributed by atoms with Crippen LogP contribution in [0.4, 0.5) is 13.2 Å². The third-order valence-corrected chi connectivity index (χ3v) is 4.02. The van der Waals surface area contributed by atoms with Crippen molar-refractivity contribution in [2.45, 2.75) is 52.3 Å². The summed E-state index contributed by atoms with van der Waals surface area (Å²) in [5, 5.41) is 6.44. The quantitative estimate of drug-likeness (QED) is 0.356. The highest BCUT2D eigenvalue weighted by atomic mass is 127. The molecule has 23 heavy (non-hydrogen) atoms. The van der Waals surface area contributed by atoms with E-state index >= 15 is 0 Å². The number of nitrogens with zero attached hydrogens (tertiary/aromatic N) is 2. The molecule has 0 aromatic carbocycles. The Bertz CT molecular complexity index is 346. The lowest BCUT2D eigenvalue weighted by atomic mass is 10.0. The Morgan fingerprint density at radius 3 is 2.43 bits per heavy atom. The summed E-state index contributed by atoms with van der Waals surface area (Å²) >= 11 is 0. The highest BCUT2D eigenvalue weighted by Crippen LogP contribution is 2.19. The van der Waals surface area contributed by atoms with E-state index in [0.29, 0.717) is 31.4 Å². The minimum absolute atomic E-state index is 0. The normalized spacial score (nSPS) is 19.8. The van der Waals surface area contributed by atoms with Gasteiger partial charge in [0.25, 0.3) is 0 Å². The second kappa shape index (κ2) is 11.3. The molecule has 1 aliphatic rings. The average Bonchev–Trinajstić information content (AvgIpc) is 2.85. The zero-order valence-electron chi connectivity index (χ0n) is 14.2. The monoisotopic (exact) mass is 450 g/mol. The van der Waals surface area contributed by atoms with Crippen molar-refractivity contribution in [1.82, 2.24) is 15.5 Å². The molecule has 1 unspecified atom stereocenters. The van der Waals surface area contributed by atoms with Crippen LogP contribution in [0, 0.1) is 5.92 Å². The van der Waals surface area contributed by atoms with Gasteiger partial charge < -0.3 is 10.6 Å². The second-order valence-corrected chi connectivity index (χ2v) is 5.88. The maximum atomic E-state index is 12.4. The van der Waals surface area contributed by atoms with E-state index in [2.05, 4.69) is 29.5 Å². The molecule has 0 bridgehead atoms. The molecule has 0 aromatic rings. The molecule has 0 spiro atoms. The lowest BCUT2D eigenvalue weighted by Gasteiger charge is -2.20. The van der Waals surface area contributed by atoms with Crippen LogP contribution in [0.1, 0.15) is 40.0 Å². The van der Waals surface area contributed by atoms with E-state index in [1.54, 1.807) is 0 Å². The van der Waals surface area contributed by atoms with Gasteiger partial charge in [0.05, 0.1) is 6.54 Å². The van der Waals surface area contributed by atoms with Crippen LogP contribution in [0.15, 0.2) is 4.99 Å². The first-order chi connectivity index (χ1) is 10.4. The summed E-state index contributed by atoms with van der Waals surface area (Å²) in [5.41, 5.74) is 0. The topological polar surface area (TPSA) is 39.7 Å². The highest BCUT2D eigenvalue weighted by molar-refractivity contribution is 14.0. The number of hydrogen-bond acceptors (Lipinski definition) is 2. The molecule has 1 atom stereocenters. The molecule has 0 radical (unpaired) electrons. The molecule has 1 fully saturated rings. The maximum Gasteiger partial charge on any atom is 0.401 e. The van der Waals surface area contributed by atoms with Crippen LogP contribution in [0.3, 0.4) is 0 Å². The van der Waals surface area contributed by atoms with Gasteiger partial charge in [-0.25, -0.2) is 0 Å². The fourth-order valence-electron chi connectivity index (χ4n) is 2.63. The van der Waals surface area contributed by atoms with Crippen LogP contribution >= 0.6 is 24.0 Å². The third-order valence-electron chi connectivity index (χ3n) is 4.02. The molecule has 8 heteroatoms. The second-order valence-electron chi connectivity index (χ2n) is 5.88. The van der Waals surface area contributed by atoms with Gasteiger partial charge in [0.2, 0.25) is 0 Å². The predicted molar refractivity (Wildman–Crippen MR) is 99.5 cm³/mol. The van der Waals surface area contributed by atoms with E-state index in [1.165, 1.54) is 4.90 Å². The van der Waals surface area contributed by atoms with E-state index in [9.17, 15) is 13.2 Å². The zero-order valence-corrected chi connectivity index (χ0v) is 16.6. The smallest absolute Gasteiger partial charge is 0.357 e. The molecule has 4 nitrogen and oxygen atoms in total. The third kappa shape index (κ3) is 9.59. The van der Waals surface area contributed by atoms with Crippen molar-refractivity contribution < 1.29 is 13.2 Å². The van der Waals surface area contributed by atoms with Crippen LogP contribution in [0.25, 0.3) is 0 Å². The zero-order chi connectivity index (χ0) is 16.6. The van der Waals surface area contributed by atoms with Gasteiger partial charge in [-0.05, 0) is 19.3 Å². The van der Waals surface area contributed by atoms with Gasteiger partial charge in [-0.2, -0.15) is 13.2 Å². The number of alkyl halides is 3. The molecule has 1 aliphatic heterocycles. The van der Waals surface area contributed by atoms with Crippen molar-refractivity contribution >= 4 is 29.9 Å². The highest BCUT2D eigenvalue weighted by Gasteiger charge is 2.34. The molecule has 0 aliphatic carbocycles. The summed E-state index contributed by atoms with van der Waals surface area (Å²) in [7, 11) is 0. The lowest BCUT2D eigenvalue weighted by Crippen LogP contribution is -2.45. The largest absolute Gasteiger partial charge is 0.401 e. The van der Waals surface area contributed by atoms with Gasteiger partial charge in [0.15, 0.2) is 5.96 Å². The number of guanidine groups is 1. The van der Waals surface area contributed by atoms with Gasteiger partial charge >= 0.3 is 6.18 Å². The summed E-state index contributed by atoms with van der Waals surface area (Å²) in [6.45, 7) is 7.84. The molecule has 1 heterocycles. The van der Waals surface area contributed by atoms with Crippen LogP contribution < -0.4 is 10.6 Å². The summed E-state index contributed by atoms with van der Waals surface area (Å²) in [6, 6.07) is 0.0295. The van der Waals surface area contributed by atoms with Crippen LogP contribution in [0.5, 0.6) is 0 Å². The van der Waals surface area contributed by atoms with Gasteiger partial charge in [-0.15, -0.1) is 24.0 Å². The number of aliphatic imine (C=N–C) groups is 1. The Labute approximate surface area is 154 Å². The number of nitrogens with one attached hydrogen (secondary N) is 2. The first-order valence-corrected chi connectivity index (χ1v) is 8.21. The van der Waals surface area contributed by atoms with Gasteiger partial charge in [0.1, 0.15) is 0 Å². The fraction of sp³-hybridized carbons (Fsp3) is 0.933. The molecule has 138 valence electrons. The maximum absolute atomic E-state index is 12.4. The average molecular weight is 450 g/mol. The molecular formula is C15H30F3IN4. The van der Waals surface area contributed by atoms with Crippen molar-refractivity contribution in [2.24, 2.45) is 10.9 Å². The Kier molecular flexibility index (Phi) is 11.2. The minimum atomic E-state index is -4.12. The van der Waals surface area contributed by atoms with Crippen LogP contribution in [-0.4, -0.2) is 55.8 Å². The summed E-state index contributed by atoms with van der Waals surface area (Å²) in [6.07, 6.45) is -1.24. The summed E-state index contributed by atoms with van der Waals surface area (Å²) in [4.78, 5) is 6.02. The van der Waals surface area contributed by atoms with Gasteiger partial charge in [-0.1, -0.05) is 26.7 Å². The number of rotatable bonds is 7. The van der Waals surface area contributed by atoms with Crippen molar-refractivity contribution in [3.63, 3.8) is 0 Å². The number of halogens is 4. The van der Waals surface area contributed by atoms with Crippen LogP contribution in [0.2, 0.25) is 0 Å². The van der Waals surface area contributed by atoms with E-state index in [0.717, 1.165) is 25.9 Å². The van der Waals surface area contributed by atoms with Crippen molar-refractivity contribution in [2.75, 3.05) is 32.7 Å². The standard InChI is InChI=1S/C15H29F3N4.HI/c1-4-12(5-2)9-20-14(19-6-3)21-13-7-8-22(10-13)11-15(16,17)18;/h12-13H,4-11H2,1-3H3,(H2,19,20,21);1H. The Hall–Kier alpha value is -0.250. The number of hydrogen-bond donors (Lipinski definition) is 2. The Balaban J connectivity index is 0.00000484.